The van der Waals surface area contributed by atoms with Crippen molar-refractivity contribution in [3.63, 3.8) is 0 Å². The monoisotopic (exact) mass is 282 g/mol. The molecule has 1 aromatic carbocycles. The van der Waals surface area contributed by atoms with E-state index in [0.717, 1.165) is 11.4 Å². The number of hydrogen-bond donors (Lipinski definition) is 0. The number of carbonyl (C=O) groups excluding carboxylic acids is 1. The molecule has 0 atom stereocenters. The van der Waals surface area contributed by atoms with Gasteiger partial charge in [-0.3, -0.25) is 9.48 Å². The van der Waals surface area contributed by atoms with E-state index in [1.165, 1.54) is 0 Å². The van der Waals surface area contributed by atoms with Gasteiger partial charge in [0.25, 0.3) is 0 Å². The molecule has 3 nitrogen and oxygen atoms in total. The average molecular weight is 283 g/mol. The van der Waals surface area contributed by atoms with E-state index < -0.39 is 0 Å². The van der Waals surface area contributed by atoms with Crippen molar-refractivity contribution in [1.29, 1.82) is 0 Å². The summed E-state index contributed by atoms with van der Waals surface area (Å²) in [4.78, 5) is 12.2. The van der Waals surface area contributed by atoms with Crippen LogP contribution in [0.5, 0.6) is 0 Å². The molecule has 1 heterocycles. The third kappa shape index (κ3) is 2.74. The molecule has 0 fully saturated rings. The summed E-state index contributed by atoms with van der Waals surface area (Å²) in [5.41, 5.74) is 2.19. The van der Waals surface area contributed by atoms with Crippen molar-refractivity contribution in [2.24, 2.45) is 7.05 Å². The number of Topliss-reactive ketones (excluding diaryl/α,β-unsaturated/α-hetero) is 1. The highest BCUT2D eigenvalue weighted by Gasteiger charge is 2.14. The summed E-state index contributed by atoms with van der Waals surface area (Å²) in [6, 6.07) is 6.77. The van der Waals surface area contributed by atoms with Gasteiger partial charge in [-0.05, 0) is 31.2 Å². The first kappa shape index (κ1) is 13.1. The topological polar surface area (TPSA) is 34.9 Å². The van der Waals surface area contributed by atoms with Gasteiger partial charge in [0.05, 0.1) is 17.1 Å². The molecule has 2 rings (SSSR count). The first-order valence-corrected chi connectivity index (χ1v) is 6.20. The minimum atomic E-state index is -0.0644. The molecule has 2 aromatic rings. The Labute approximate surface area is 115 Å². The SMILES string of the molecule is Cc1cc(CC(=O)c2cc(Cl)ccc2Cl)n(C)n1. The molecule has 0 N–H and O–H groups in total. The van der Waals surface area contributed by atoms with Crippen molar-refractivity contribution in [3.8, 4) is 0 Å². The molecule has 0 aliphatic heterocycles. The van der Waals surface area contributed by atoms with Gasteiger partial charge in [0.2, 0.25) is 0 Å². The van der Waals surface area contributed by atoms with Crippen LogP contribution in [0.25, 0.3) is 0 Å². The zero-order valence-corrected chi connectivity index (χ0v) is 11.6. The van der Waals surface area contributed by atoms with Crippen LogP contribution >= 0.6 is 23.2 Å². The Kier molecular flexibility index (Phi) is 3.73. The summed E-state index contributed by atoms with van der Waals surface area (Å²) >= 11 is 11.9. The minimum Gasteiger partial charge on any atom is -0.294 e. The Morgan fingerprint density at radius 2 is 2.06 bits per heavy atom. The lowest BCUT2D eigenvalue weighted by Gasteiger charge is -2.04. The van der Waals surface area contributed by atoms with Crippen molar-refractivity contribution in [2.45, 2.75) is 13.3 Å². The Morgan fingerprint density at radius 1 is 1.33 bits per heavy atom. The maximum Gasteiger partial charge on any atom is 0.170 e. The number of ketones is 1. The van der Waals surface area contributed by atoms with Gasteiger partial charge in [0.15, 0.2) is 5.78 Å². The number of halogens is 2. The molecule has 0 bridgehead atoms. The molecular weight excluding hydrogens is 271 g/mol. The van der Waals surface area contributed by atoms with Gasteiger partial charge in [-0.25, -0.2) is 0 Å². The van der Waals surface area contributed by atoms with E-state index in [4.69, 9.17) is 23.2 Å². The van der Waals surface area contributed by atoms with Crippen LogP contribution in [0, 0.1) is 6.92 Å². The summed E-state index contributed by atoms with van der Waals surface area (Å²) in [5, 5.41) is 5.13. The molecule has 0 radical (unpaired) electrons. The van der Waals surface area contributed by atoms with E-state index >= 15 is 0 Å². The zero-order chi connectivity index (χ0) is 13.3. The van der Waals surface area contributed by atoms with Gasteiger partial charge in [-0.15, -0.1) is 0 Å². The fourth-order valence-corrected chi connectivity index (χ4v) is 2.20. The summed E-state index contributed by atoms with van der Waals surface area (Å²) in [5.74, 6) is -0.0644. The third-order valence-electron chi connectivity index (χ3n) is 2.67. The molecule has 0 saturated carbocycles. The largest absolute Gasteiger partial charge is 0.294 e. The van der Waals surface area contributed by atoms with Crippen LogP contribution in [0.4, 0.5) is 0 Å². The lowest BCUT2D eigenvalue weighted by molar-refractivity contribution is 0.0991. The number of aromatic nitrogens is 2. The van der Waals surface area contributed by atoms with Crippen LogP contribution < -0.4 is 0 Å². The van der Waals surface area contributed by atoms with Crippen LogP contribution in [0.2, 0.25) is 10.0 Å². The van der Waals surface area contributed by atoms with Gasteiger partial charge in [-0.2, -0.15) is 5.10 Å². The zero-order valence-electron chi connectivity index (χ0n) is 10.1. The molecule has 94 valence electrons. The molecule has 5 heteroatoms. The third-order valence-corrected chi connectivity index (χ3v) is 3.23. The van der Waals surface area contributed by atoms with Crippen molar-refractivity contribution < 1.29 is 4.79 Å². The van der Waals surface area contributed by atoms with Gasteiger partial charge in [0.1, 0.15) is 0 Å². The van der Waals surface area contributed by atoms with Crippen molar-refractivity contribution in [2.75, 3.05) is 0 Å². The highest BCUT2D eigenvalue weighted by molar-refractivity contribution is 6.35. The lowest BCUT2D eigenvalue weighted by Crippen LogP contribution is -2.08. The van der Waals surface area contributed by atoms with Gasteiger partial charge >= 0.3 is 0 Å². The number of carbonyl (C=O) groups is 1. The second-order valence-electron chi connectivity index (χ2n) is 4.12. The summed E-state index contributed by atoms with van der Waals surface area (Å²) in [6.45, 7) is 1.89. The van der Waals surface area contributed by atoms with E-state index in [2.05, 4.69) is 5.10 Å². The van der Waals surface area contributed by atoms with Gasteiger partial charge < -0.3 is 0 Å². The molecule has 0 saturated heterocycles. The number of aryl methyl sites for hydroxylation is 2. The number of benzene rings is 1. The molecular formula is C13H12Cl2N2O. The first-order chi connectivity index (χ1) is 8.47. The number of rotatable bonds is 3. The molecule has 0 amide bonds. The quantitative estimate of drug-likeness (QED) is 0.808. The van der Waals surface area contributed by atoms with Crippen LogP contribution in [0.3, 0.4) is 0 Å². The Balaban J connectivity index is 2.27. The summed E-state index contributed by atoms with van der Waals surface area (Å²) in [6.07, 6.45) is 0.261. The summed E-state index contributed by atoms with van der Waals surface area (Å²) < 4.78 is 1.70. The van der Waals surface area contributed by atoms with Crippen LogP contribution in [0.1, 0.15) is 21.7 Å². The predicted octanol–water partition coefficient (Wildman–Crippen LogP) is 3.46. The second kappa shape index (κ2) is 5.12. The van der Waals surface area contributed by atoms with Crippen LogP contribution in [-0.2, 0) is 13.5 Å². The molecule has 1 aromatic heterocycles. The highest BCUT2D eigenvalue weighted by Crippen LogP contribution is 2.22. The molecule has 0 unspecified atom stereocenters. The molecule has 18 heavy (non-hydrogen) atoms. The summed E-state index contributed by atoms with van der Waals surface area (Å²) in [7, 11) is 1.81. The molecule has 0 spiro atoms. The van der Waals surface area contributed by atoms with Gasteiger partial charge in [0, 0.05) is 23.3 Å². The van der Waals surface area contributed by atoms with E-state index in [9.17, 15) is 4.79 Å². The highest BCUT2D eigenvalue weighted by atomic mass is 35.5. The van der Waals surface area contributed by atoms with Crippen molar-refractivity contribution in [1.82, 2.24) is 9.78 Å². The van der Waals surface area contributed by atoms with E-state index in [0.29, 0.717) is 15.6 Å². The van der Waals surface area contributed by atoms with E-state index in [1.807, 2.05) is 20.0 Å². The Morgan fingerprint density at radius 3 is 2.67 bits per heavy atom. The standard InChI is InChI=1S/C13H12Cl2N2O/c1-8-5-10(17(2)16-8)7-13(18)11-6-9(14)3-4-12(11)15/h3-6H,7H2,1-2H3. The van der Waals surface area contributed by atoms with Crippen LogP contribution in [0.15, 0.2) is 24.3 Å². The normalized spacial score (nSPS) is 10.7. The minimum absolute atomic E-state index is 0.0644. The maximum atomic E-state index is 12.2. The fourth-order valence-electron chi connectivity index (χ4n) is 1.80. The van der Waals surface area contributed by atoms with Crippen molar-refractivity contribution >= 4 is 29.0 Å². The van der Waals surface area contributed by atoms with Gasteiger partial charge in [-0.1, -0.05) is 23.2 Å². The van der Waals surface area contributed by atoms with E-state index in [-0.39, 0.29) is 12.2 Å². The lowest BCUT2D eigenvalue weighted by atomic mass is 10.1. The molecule has 0 aliphatic rings. The molecule has 0 aliphatic carbocycles. The van der Waals surface area contributed by atoms with Crippen molar-refractivity contribution in [3.05, 3.63) is 51.3 Å². The Hall–Kier alpha value is -1.32. The Bertz CT molecular complexity index is 605. The smallest absolute Gasteiger partial charge is 0.170 e. The average Bonchev–Trinajstić information content (AvgIpc) is 2.61. The van der Waals surface area contributed by atoms with E-state index in [1.54, 1.807) is 22.9 Å². The number of hydrogen-bond acceptors (Lipinski definition) is 2. The second-order valence-corrected chi connectivity index (χ2v) is 4.97. The predicted molar refractivity (Wildman–Crippen MR) is 72.4 cm³/mol. The maximum absolute atomic E-state index is 12.2. The first-order valence-electron chi connectivity index (χ1n) is 5.45. The number of nitrogens with zero attached hydrogens (tertiary/aromatic N) is 2. The fraction of sp³-hybridized carbons (Fsp3) is 0.231. The van der Waals surface area contributed by atoms with Crippen LogP contribution in [-0.4, -0.2) is 15.6 Å².